The average molecular weight is 288 g/mol. The lowest BCUT2D eigenvalue weighted by Gasteiger charge is -2.21. The molecular formula is C13H18ClNO2S. The lowest BCUT2D eigenvalue weighted by molar-refractivity contribution is 0.453. The Labute approximate surface area is 114 Å². The Hall–Kier alpha value is -0.840. The Balaban J connectivity index is 3.23. The van der Waals surface area contributed by atoms with Crippen LogP contribution in [0.15, 0.2) is 35.2 Å². The number of hydrogen-bond donors (Lipinski definition) is 0. The second kappa shape index (κ2) is 5.87. The van der Waals surface area contributed by atoms with Crippen LogP contribution < -0.4 is 0 Å². The molecule has 0 saturated heterocycles. The van der Waals surface area contributed by atoms with Crippen LogP contribution in [0.5, 0.6) is 0 Å². The molecule has 0 saturated carbocycles. The maximum absolute atomic E-state index is 12.4. The van der Waals surface area contributed by atoms with Gasteiger partial charge in [0.25, 0.3) is 0 Å². The molecule has 0 bridgehead atoms. The highest BCUT2D eigenvalue weighted by Gasteiger charge is 2.25. The van der Waals surface area contributed by atoms with Gasteiger partial charge in [-0.2, -0.15) is 4.31 Å². The van der Waals surface area contributed by atoms with Gasteiger partial charge in [0, 0.05) is 13.1 Å². The first-order valence-corrected chi connectivity index (χ1v) is 7.51. The van der Waals surface area contributed by atoms with E-state index in [1.807, 2.05) is 6.92 Å². The molecule has 0 radical (unpaired) electrons. The number of benzene rings is 1. The van der Waals surface area contributed by atoms with Crippen molar-refractivity contribution in [2.24, 2.45) is 0 Å². The van der Waals surface area contributed by atoms with Crippen molar-refractivity contribution in [1.82, 2.24) is 4.31 Å². The van der Waals surface area contributed by atoms with Crippen LogP contribution in [0.2, 0.25) is 5.02 Å². The third-order valence-electron chi connectivity index (χ3n) is 2.50. The molecule has 0 unspecified atom stereocenters. The number of aryl methyl sites for hydroxylation is 1. The molecule has 0 aliphatic heterocycles. The van der Waals surface area contributed by atoms with E-state index in [9.17, 15) is 8.42 Å². The third kappa shape index (κ3) is 3.34. The Bertz CT molecular complexity index is 552. The fraction of sp³-hybridized carbons (Fsp3) is 0.385. The number of likely N-dealkylation sites (N-methyl/N-ethyl adjacent to an activating group) is 1. The van der Waals surface area contributed by atoms with E-state index in [0.29, 0.717) is 13.1 Å². The number of sulfonamides is 1. The maximum atomic E-state index is 12.4. The summed E-state index contributed by atoms with van der Waals surface area (Å²) in [6.45, 7) is 9.91. The molecule has 0 N–H and O–H groups in total. The largest absolute Gasteiger partial charge is 0.244 e. The summed E-state index contributed by atoms with van der Waals surface area (Å²) < 4.78 is 26.2. The molecule has 18 heavy (non-hydrogen) atoms. The molecule has 100 valence electrons. The van der Waals surface area contributed by atoms with Crippen molar-refractivity contribution < 1.29 is 8.42 Å². The standard InChI is InChI=1S/C13H18ClNO2S/c1-5-15(9-10(2)3)18(16,17)13-7-6-11(4)8-12(13)14/h6-8H,2,5,9H2,1,3-4H3. The molecule has 0 amide bonds. The molecule has 1 aromatic carbocycles. The monoisotopic (exact) mass is 287 g/mol. The van der Waals surface area contributed by atoms with Crippen molar-refractivity contribution >= 4 is 21.6 Å². The topological polar surface area (TPSA) is 37.4 Å². The van der Waals surface area contributed by atoms with Crippen molar-refractivity contribution in [1.29, 1.82) is 0 Å². The van der Waals surface area contributed by atoms with E-state index < -0.39 is 10.0 Å². The lowest BCUT2D eigenvalue weighted by atomic mass is 10.2. The molecule has 3 nitrogen and oxygen atoms in total. The number of hydrogen-bond acceptors (Lipinski definition) is 2. The van der Waals surface area contributed by atoms with E-state index in [-0.39, 0.29) is 9.92 Å². The molecule has 0 fully saturated rings. The molecule has 0 aliphatic carbocycles. The fourth-order valence-electron chi connectivity index (χ4n) is 1.62. The highest BCUT2D eigenvalue weighted by Crippen LogP contribution is 2.25. The zero-order chi connectivity index (χ0) is 13.9. The predicted octanol–water partition coefficient (Wildman–Crippen LogP) is 3.24. The van der Waals surface area contributed by atoms with Crippen molar-refractivity contribution in [2.45, 2.75) is 25.7 Å². The van der Waals surface area contributed by atoms with E-state index in [0.717, 1.165) is 11.1 Å². The van der Waals surface area contributed by atoms with Gasteiger partial charge in [-0.15, -0.1) is 0 Å². The maximum Gasteiger partial charge on any atom is 0.244 e. The summed E-state index contributed by atoms with van der Waals surface area (Å²) in [5, 5.41) is 0.259. The summed E-state index contributed by atoms with van der Waals surface area (Å²) in [6.07, 6.45) is 0. The normalized spacial score (nSPS) is 11.8. The van der Waals surface area contributed by atoms with E-state index in [4.69, 9.17) is 11.6 Å². The molecule has 0 aliphatic rings. The molecule has 0 heterocycles. The smallest absolute Gasteiger partial charge is 0.207 e. The number of rotatable bonds is 5. The molecule has 0 spiro atoms. The van der Waals surface area contributed by atoms with Gasteiger partial charge in [0.2, 0.25) is 10.0 Å². The fourth-order valence-corrected chi connectivity index (χ4v) is 3.70. The van der Waals surface area contributed by atoms with Crippen molar-refractivity contribution in [3.05, 3.63) is 40.9 Å². The minimum absolute atomic E-state index is 0.151. The van der Waals surface area contributed by atoms with Gasteiger partial charge in [0.1, 0.15) is 4.90 Å². The Kier molecular flexibility index (Phi) is 4.96. The highest BCUT2D eigenvalue weighted by atomic mass is 35.5. The van der Waals surface area contributed by atoms with Crippen molar-refractivity contribution in [2.75, 3.05) is 13.1 Å². The Morgan fingerprint density at radius 1 is 1.44 bits per heavy atom. The van der Waals surface area contributed by atoms with Crippen molar-refractivity contribution in [3.8, 4) is 0 Å². The van der Waals surface area contributed by atoms with E-state index in [2.05, 4.69) is 6.58 Å². The van der Waals surface area contributed by atoms with Gasteiger partial charge in [0.15, 0.2) is 0 Å². The first-order chi connectivity index (χ1) is 8.28. The number of nitrogens with zero attached hydrogens (tertiary/aromatic N) is 1. The van der Waals surface area contributed by atoms with Crippen LogP contribution in [-0.4, -0.2) is 25.8 Å². The number of halogens is 1. The summed E-state index contributed by atoms with van der Waals surface area (Å²) >= 11 is 6.02. The third-order valence-corrected chi connectivity index (χ3v) is 4.91. The molecular weight excluding hydrogens is 270 g/mol. The lowest BCUT2D eigenvalue weighted by Crippen LogP contribution is -2.32. The highest BCUT2D eigenvalue weighted by molar-refractivity contribution is 7.89. The first kappa shape index (κ1) is 15.2. The van der Waals surface area contributed by atoms with E-state index in [1.165, 1.54) is 4.31 Å². The van der Waals surface area contributed by atoms with Gasteiger partial charge < -0.3 is 0 Å². The van der Waals surface area contributed by atoms with Crippen molar-refractivity contribution in [3.63, 3.8) is 0 Å². The quantitative estimate of drug-likeness (QED) is 0.780. The van der Waals surface area contributed by atoms with Crippen LogP contribution in [0, 0.1) is 6.92 Å². The average Bonchev–Trinajstić information content (AvgIpc) is 2.24. The van der Waals surface area contributed by atoms with E-state index >= 15 is 0 Å². The Morgan fingerprint density at radius 2 is 2.06 bits per heavy atom. The molecule has 5 heteroatoms. The van der Waals surface area contributed by atoms with Crippen LogP contribution in [0.4, 0.5) is 0 Å². The summed E-state index contributed by atoms with van der Waals surface area (Å²) in [5.41, 5.74) is 1.73. The molecule has 1 rings (SSSR count). The second-order valence-electron chi connectivity index (χ2n) is 4.32. The zero-order valence-corrected chi connectivity index (χ0v) is 12.5. The molecule has 1 aromatic rings. The minimum Gasteiger partial charge on any atom is -0.207 e. The van der Waals surface area contributed by atoms with Crippen LogP contribution in [0.1, 0.15) is 19.4 Å². The summed E-state index contributed by atoms with van der Waals surface area (Å²) in [4.78, 5) is 0.151. The van der Waals surface area contributed by atoms with E-state index in [1.54, 1.807) is 32.0 Å². The van der Waals surface area contributed by atoms with Gasteiger partial charge in [-0.05, 0) is 31.5 Å². The van der Waals surface area contributed by atoms with Crippen LogP contribution in [0.3, 0.4) is 0 Å². The predicted molar refractivity (Wildman–Crippen MR) is 75.4 cm³/mol. The first-order valence-electron chi connectivity index (χ1n) is 5.69. The Morgan fingerprint density at radius 3 is 2.50 bits per heavy atom. The second-order valence-corrected chi connectivity index (χ2v) is 6.64. The van der Waals surface area contributed by atoms with Crippen LogP contribution >= 0.6 is 11.6 Å². The van der Waals surface area contributed by atoms with Gasteiger partial charge in [-0.3, -0.25) is 0 Å². The summed E-state index contributed by atoms with van der Waals surface area (Å²) in [6, 6.07) is 4.95. The molecule has 0 atom stereocenters. The summed E-state index contributed by atoms with van der Waals surface area (Å²) in [7, 11) is -3.55. The van der Waals surface area contributed by atoms with Gasteiger partial charge >= 0.3 is 0 Å². The van der Waals surface area contributed by atoms with Gasteiger partial charge in [0.05, 0.1) is 5.02 Å². The zero-order valence-electron chi connectivity index (χ0n) is 10.9. The van der Waals surface area contributed by atoms with Crippen LogP contribution in [0.25, 0.3) is 0 Å². The van der Waals surface area contributed by atoms with Gasteiger partial charge in [-0.25, -0.2) is 8.42 Å². The summed E-state index contributed by atoms with van der Waals surface area (Å²) in [5.74, 6) is 0. The van der Waals surface area contributed by atoms with Crippen LogP contribution in [-0.2, 0) is 10.0 Å². The molecule has 0 aromatic heterocycles. The SMILES string of the molecule is C=C(C)CN(CC)S(=O)(=O)c1ccc(C)cc1Cl. The minimum atomic E-state index is -3.55. The van der Waals surface area contributed by atoms with Gasteiger partial charge in [-0.1, -0.05) is 36.7 Å².